The zero-order chi connectivity index (χ0) is 13.5. The van der Waals surface area contributed by atoms with E-state index in [1.807, 2.05) is 48.5 Å². The van der Waals surface area contributed by atoms with Gasteiger partial charge in [-0.15, -0.1) is 0 Å². The molecule has 3 aromatic carbocycles. The van der Waals surface area contributed by atoms with Gasteiger partial charge in [-0.05, 0) is 23.6 Å². The van der Waals surface area contributed by atoms with Crippen molar-refractivity contribution >= 4 is 33.5 Å². The first-order valence-corrected chi connectivity index (χ1v) is 6.74. The Hall–Kier alpha value is -2.32. The van der Waals surface area contributed by atoms with Gasteiger partial charge in [0, 0.05) is 5.39 Å². The molecule has 0 N–H and O–H groups in total. The maximum atomic E-state index is 6.20. The number of hydrogen-bond acceptors (Lipinski definition) is 2. The van der Waals surface area contributed by atoms with Crippen LogP contribution in [0.15, 0.2) is 65.1 Å². The molecule has 0 amide bonds. The summed E-state index contributed by atoms with van der Waals surface area (Å²) < 4.78 is 5.95. The van der Waals surface area contributed by atoms with Crippen LogP contribution in [0.3, 0.4) is 0 Å². The molecule has 0 aliphatic carbocycles. The van der Waals surface area contributed by atoms with E-state index in [-0.39, 0.29) is 0 Å². The van der Waals surface area contributed by atoms with Crippen molar-refractivity contribution in [2.45, 2.75) is 0 Å². The van der Waals surface area contributed by atoms with Crippen molar-refractivity contribution in [1.82, 2.24) is 4.98 Å². The Labute approximate surface area is 120 Å². The zero-order valence-electron chi connectivity index (χ0n) is 10.5. The van der Waals surface area contributed by atoms with E-state index in [4.69, 9.17) is 16.0 Å². The van der Waals surface area contributed by atoms with E-state index in [2.05, 4.69) is 17.1 Å². The van der Waals surface area contributed by atoms with Crippen molar-refractivity contribution in [3.63, 3.8) is 0 Å². The Morgan fingerprint density at radius 1 is 0.850 bits per heavy atom. The van der Waals surface area contributed by atoms with E-state index >= 15 is 0 Å². The van der Waals surface area contributed by atoms with Gasteiger partial charge in [-0.1, -0.05) is 54.1 Å². The van der Waals surface area contributed by atoms with E-state index in [1.54, 1.807) is 0 Å². The lowest BCUT2D eigenvalue weighted by atomic mass is 10.1. The van der Waals surface area contributed by atoms with Crippen molar-refractivity contribution in [3.05, 3.63) is 65.7 Å². The van der Waals surface area contributed by atoms with Gasteiger partial charge in [0.05, 0.1) is 10.6 Å². The topological polar surface area (TPSA) is 26.0 Å². The van der Waals surface area contributed by atoms with E-state index in [0.717, 1.165) is 27.4 Å². The van der Waals surface area contributed by atoms with Crippen LogP contribution in [0.4, 0.5) is 0 Å². The summed E-state index contributed by atoms with van der Waals surface area (Å²) in [6.07, 6.45) is 0. The van der Waals surface area contributed by atoms with Gasteiger partial charge in [0.15, 0.2) is 5.58 Å². The fraction of sp³-hybridized carbons (Fsp3) is 0. The minimum absolute atomic E-state index is 0.557. The maximum absolute atomic E-state index is 6.20. The Kier molecular flexibility index (Phi) is 2.51. The molecule has 0 aliphatic heterocycles. The Balaban J connectivity index is 2.04. The summed E-state index contributed by atoms with van der Waals surface area (Å²) in [7, 11) is 0. The fourth-order valence-corrected chi connectivity index (χ4v) is 2.62. The number of rotatable bonds is 1. The standard InChI is InChI=1S/C17H10ClNO/c18-14-8-4-3-7-13(14)17-19-15-10-9-11-5-1-2-6-12(11)16(15)20-17/h1-10H. The minimum Gasteiger partial charge on any atom is -0.435 e. The Morgan fingerprint density at radius 2 is 1.65 bits per heavy atom. The summed E-state index contributed by atoms with van der Waals surface area (Å²) in [6.45, 7) is 0. The highest BCUT2D eigenvalue weighted by Crippen LogP contribution is 2.32. The van der Waals surface area contributed by atoms with Crippen molar-refractivity contribution in [2.75, 3.05) is 0 Å². The molecule has 96 valence electrons. The van der Waals surface area contributed by atoms with Gasteiger partial charge >= 0.3 is 0 Å². The van der Waals surface area contributed by atoms with Crippen molar-refractivity contribution in [2.24, 2.45) is 0 Å². The lowest BCUT2D eigenvalue weighted by Crippen LogP contribution is -1.77. The molecule has 0 atom stereocenters. The van der Waals surface area contributed by atoms with Crippen LogP contribution in [-0.4, -0.2) is 4.98 Å². The highest BCUT2D eigenvalue weighted by Gasteiger charge is 2.12. The van der Waals surface area contributed by atoms with Gasteiger partial charge in [-0.2, -0.15) is 0 Å². The van der Waals surface area contributed by atoms with Crippen molar-refractivity contribution < 1.29 is 4.42 Å². The zero-order valence-corrected chi connectivity index (χ0v) is 11.3. The average Bonchev–Trinajstić information content (AvgIpc) is 2.92. The number of benzene rings is 3. The lowest BCUT2D eigenvalue weighted by Gasteiger charge is -1.97. The van der Waals surface area contributed by atoms with Crippen LogP contribution in [0.5, 0.6) is 0 Å². The molecule has 0 fully saturated rings. The number of halogens is 1. The second-order valence-corrected chi connectivity index (χ2v) is 5.04. The summed E-state index contributed by atoms with van der Waals surface area (Å²) in [5, 5.41) is 2.85. The van der Waals surface area contributed by atoms with Crippen LogP contribution in [0.2, 0.25) is 5.02 Å². The van der Waals surface area contributed by atoms with E-state index in [9.17, 15) is 0 Å². The van der Waals surface area contributed by atoms with Gasteiger partial charge in [0.1, 0.15) is 5.52 Å². The molecule has 0 saturated carbocycles. The molecule has 20 heavy (non-hydrogen) atoms. The monoisotopic (exact) mass is 279 g/mol. The van der Waals surface area contributed by atoms with Crippen LogP contribution in [-0.2, 0) is 0 Å². The first-order chi connectivity index (χ1) is 9.83. The third-order valence-corrected chi connectivity index (χ3v) is 3.71. The maximum Gasteiger partial charge on any atom is 0.228 e. The van der Waals surface area contributed by atoms with Crippen LogP contribution < -0.4 is 0 Å². The molecule has 0 saturated heterocycles. The van der Waals surface area contributed by atoms with Gasteiger partial charge in [-0.25, -0.2) is 4.98 Å². The third-order valence-electron chi connectivity index (χ3n) is 3.38. The molecule has 1 aromatic heterocycles. The molecule has 2 nitrogen and oxygen atoms in total. The Bertz CT molecular complexity index is 926. The number of aromatic nitrogens is 1. The van der Waals surface area contributed by atoms with Gasteiger partial charge in [0.2, 0.25) is 5.89 Å². The summed E-state index contributed by atoms with van der Waals surface area (Å²) in [5.74, 6) is 0.557. The summed E-state index contributed by atoms with van der Waals surface area (Å²) in [4.78, 5) is 4.54. The second kappa shape index (κ2) is 4.36. The largest absolute Gasteiger partial charge is 0.435 e. The van der Waals surface area contributed by atoms with Gasteiger partial charge in [0.25, 0.3) is 0 Å². The number of oxazole rings is 1. The van der Waals surface area contributed by atoms with Crippen LogP contribution in [0, 0.1) is 0 Å². The highest BCUT2D eigenvalue weighted by molar-refractivity contribution is 6.33. The molecule has 1 heterocycles. The summed E-state index contributed by atoms with van der Waals surface area (Å²) in [6, 6.07) is 19.7. The van der Waals surface area contributed by atoms with Crippen LogP contribution in [0.1, 0.15) is 0 Å². The fourth-order valence-electron chi connectivity index (χ4n) is 2.41. The summed E-state index contributed by atoms with van der Waals surface area (Å²) >= 11 is 6.20. The predicted molar refractivity (Wildman–Crippen MR) is 82.0 cm³/mol. The van der Waals surface area contributed by atoms with Crippen molar-refractivity contribution in [1.29, 1.82) is 0 Å². The molecule has 0 aliphatic rings. The molecule has 4 aromatic rings. The smallest absolute Gasteiger partial charge is 0.228 e. The number of nitrogens with zero attached hydrogens (tertiary/aromatic N) is 1. The first-order valence-electron chi connectivity index (χ1n) is 6.36. The molecular formula is C17H10ClNO. The van der Waals surface area contributed by atoms with E-state index in [1.165, 1.54) is 0 Å². The predicted octanol–water partition coefficient (Wildman–Crippen LogP) is 5.30. The molecule has 0 radical (unpaired) electrons. The van der Waals surface area contributed by atoms with Crippen LogP contribution in [0.25, 0.3) is 33.3 Å². The minimum atomic E-state index is 0.557. The third kappa shape index (κ3) is 1.69. The molecule has 0 bridgehead atoms. The number of fused-ring (bicyclic) bond motifs is 3. The SMILES string of the molecule is Clc1ccccc1-c1nc2ccc3ccccc3c2o1. The molecule has 0 unspecified atom stereocenters. The molecule has 0 spiro atoms. The van der Waals surface area contributed by atoms with Crippen molar-refractivity contribution in [3.8, 4) is 11.5 Å². The van der Waals surface area contributed by atoms with E-state index in [0.29, 0.717) is 10.9 Å². The Morgan fingerprint density at radius 3 is 2.55 bits per heavy atom. The number of hydrogen-bond donors (Lipinski definition) is 0. The molecular weight excluding hydrogens is 270 g/mol. The van der Waals surface area contributed by atoms with Gasteiger partial charge in [-0.3, -0.25) is 0 Å². The quantitative estimate of drug-likeness (QED) is 0.472. The average molecular weight is 280 g/mol. The normalized spacial score (nSPS) is 11.2. The van der Waals surface area contributed by atoms with Gasteiger partial charge < -0.3 is 4.42 Å². The van der Waals surface area contributed by atoms with Crippen LogP contribution >= 0.6 is 11.6 Å². The first kappa shape index (κ1) is 11.5. The molecule has 4 rings (SSSR count). The van der Waals surface area contributed by atoms with E-state index < -0.39 is 0 Å². The lowest BCUT2D eigenvalue weighted by molar-refractivity contribution is 0.623. The highest BCUT2D eigenvalue weighted by atomic mass is 35.5. The second-order valence-electron chi connectivity index (χ2n) is 4.63. The molecule has 3 heteroatoms. The summed E-state index contributed by atoms with van der Waals surface area (Å²) in [5.41, 5.74) is 2.46.